The van der Waals surface area contributed by atoms with Gasteiger partial charge in [0.15, 0.2) is 0 Å². The smallest absolute Gasteiger partial charge is 0.330 e. The van der Waals surface area contributed by atoms with E-state index in [1.807, 2.05) is 6.26 Å². The lowest BCUT2D eigenvalue weighted by atomic mass is 10.2. The summed E-state index contributed by atoms with van der Waals surface area (Å²) < 4.78 is 14.0. The van der Waals surface area contributed by atoms with Crippen molar-refractivity contribution in [2.75, 3.05) is 17.1 Å². The molecule has 0 spiro atoms. The quantitative estimate of drug-likeness (QED) is 0.679. The second-order valence-corrected chi connectivity index (χ2v) is 8.19. The van der Waals surface area contributed by atoms with E-state index in [0.29, 0.717) is 16.5 Å². The largest absolute Gasteiger partial charge is 0.349 e. The third-order valence-electron chi connectivity index (χ3n) is 3.48. The van der Waals surface area contributed by atoms with Gasteiger partial charge in [-0.15, -0.1) is 0 Å². The van der Waals surface area contributed by atoms with Gasteiger partial charge in [-0.3, -0.25) is 18.4 Å². The maximum Gasteiger partial charge on any atom is 0.330 e. The van der Waals surface area contributed by atoms with Gasteiger partial charge in [0.2, 0.25) is 5.91 Å². The number of thioether (sulfide) groups is 1. The van der Waals surface area contributed by atoms with Crippen LogP contribution >= 0.6 is 11.8 Å². The summed E-state index contributed by atoms with van der Waals surface area (Å²) in [5, 5.41) is 3.24. The number of rotatable bonds is 7. The van der Waals surface area contributed by atoms with E-state index in [1.165, 1.54) is 35.5 Å². The molecule has 0 aliphatic carbocycles. The lowest BCUT2D eigenvalue weighted by molar-refractivity contribution is -0.116. The summed E-state index contributed by atoms with van der Waals surface area (Å²) >= 11 is 1.49. The zero-order valence-electron chi connectivity index (χ0n) is 14.5. The summed E-state index contributed by atoms with van der Waals surface area (Å²) in [7, 11) is 1.97. The Hall–Kier alpha value is -1.61. The van der Waals surface area contributed by atoms with Crippen LogP contribution in [-0.2, 0) is 29.7 Å². The topological polar surface area (TPSA) is 90.2 Å². The fourth-order valence-electron chi connectivity index (χ4n) is 2.11. The van der Waals surface area contributed by atoms with Crippen molar-refractivity contribution in [1.82, 2.24) is 14.5 Å². The van der Waals surface area contributed by atoms with Gasteiger partial charge in [0.1, 0.15) is 0 Å². The molecule has 1 aromatic rings. The Morgan fingerprint density at radius 2 is 1.96 bits per heavy atom. The molecule has 0 saturated carbocycles. The highest BCUT2D eigenvalue weighted by Gasteiger charge is 2.12. The summed E-state index contributed by atoms with van der Waals surface area (Å²) in [5.74, 6) is 0.0000786. The van der Waals surface area contributed by atoms with E-state index in [4.69, 9.17) is 0 Å². The Balaban J connectivity index is 2.87. The van der Waals surface area contributed by atoms with E-state index in [0.717, 1.165) is 4.57 Å². The Morgan fingerprint density at radius 1 is 1.33 bits per heavy atom. The highest BCUT2D eigenvalue weighted by molar-refractivity contribution is 8.09. The summed E-state index contributed by atoms with van der Waals surface area (Å²) in [4.78, 5) is 35.9. The third-order valence-corrected chi connectivity index (χ3v) is 6.34. The number of nitrogens with zero attached hydrogens (tertiary/aromatic N) is 2. The molecule has 0 aromatic carbocycles. The first kappa shape index (κ1) is 20.4. The predicted molar refractivity (Wildman–Crippen MR) is 99.7 cm³/mol. The average molecular weight is 374 g/mol. The lowest BCUT2D eigenvalue weighted by Gasteiger charge is -2.12. The number of amides is 1. The van der Waals surface area contributed by atoms with E-state index in [9.17, 15) is 18.6 Å². The SMILES string of the molecule is CSCS(=O)C[C@H](C)NC(=O)/C=C/c1c(C)n(C)c(=O)n(C)c1=O. The van der Waals surface area contributed by atoms with Crippen molar-refractivity contribution in [3.8, 4) is 0 Å². The predicted octanol–water partition coefficient (Wildman–Crippen LogP) is -0.0205. The van der Waals surface area contributed by atoms with E-state index < -0.39 is 22.0 Å². The molecule has 1 unspecified atom stereocenters. The van der Waals surface area contributed by atoms with Crippen molar-refractivity contribution >= 4 is 34.5 Å². The second kappa shape index (κ2) is 9.03. The van der Waals surface area contributed by atoms with Crippen LogP contribution in [0.4, 0.5) is 0 Å². The molecule has 9 heteroatoms. The molecular weight excluding hydrogens is 350 g/mol. The van der Waals surface area contributed by atoms with Crippen LogP contribution in [0.15, 0.2) is 15.7 Å². The van der Waals surface area contributed by atoms with Crippen LogP contribution in [0.25, 0.3) is 6.08 Å². The highest BCUT2D eigenvalue weighted by atomic mass is 32.2. The molecule has 0 fully saturated rings. The molecule has 0 bridgehead atoms. The van der Waals surface area contributed by atoms with Crippen molar-refractivity contribution < 1.29 is 9.00 Å². The van der Waals surface area contributed by atoms with E-state index in [2.05, 4.69) is 5.32 Å². The third kappa shape index (κ3) is 5.20. The molecule has 1 N–H and O–H groups in total. The molecule has 0 aliphatic heterocycles. The van der Waals surface area contributed by atoms with Gasteiger partial charge in [-0.2, -0.15) is 11.8 Å². The fraction of sp³-hybridized carbons (Fsp3) is 0.533. The summed E-state index contributed by atoms with van der Waals surface area (Å²) in [6.45, 7) is 3.43. The van der Waals surface area contributed by atoms with Crippen LogP contribution in [0.1, 0.15) is 18.2 Å². The molecule has 24 heavy (non-hydrogen) atoms. The molecule has 1 heterocycles. The molecule has 2 atom stereocenters. The average Bonchev–Trinajstić information content (AvgIpc) is 2.51. The maximum atomic E-state index is 12.1. The molecule has 1 aromatic heterocycles. The minimum Gasteiger partial charge on any atom is -0.349 e. The van der Waals surface area contributed by atoms with Crippen molar-refractivity contribution in [2.24, 2.45) is 14.1 Å². The molecule has 0 radical (unpaired) electrons. The maximum absolute atomic E-state index is 12.1. The normalized spacial score (nSPS) is 13.9. The number of hydrogen-bond acceptors (Lipinski definition) is 5. The molecule has 1 amide bonds. The van der Waals surface area contributed by atoms with Crippen LogP contribution in [-0.4, -0.2) is 42.4 Å². The Kier molecular flexibility index (Phi) is 7.68. The van der Waals surface area contributed by atoms with Crippen molar-refractivity contribution in [2.45, 2.75) is 19.9 Å². The summed E-state index contributed by atoms with van der Waals surface area (Å²) in [5.41, 5.74) is -0.0904. The molecule has 1 rings (SSSR count). The Labute approximate surface area is 147 Å². The highest BCUT2D eigenvalue weighted by Crippen LogP contribution is 2.02. The van der Waals surface area contributed by atoms with Gasteiger partial charge in [0.25, 0.3) is 5.56 Å². The zero-order valence-corrected chi connectivity index (χ0v) is 16.1. The number of carbonyl (C=O) groups is 1. The van der Waals surface area contributed by atoms with E-state index >= 15 is 0 Å². The lowest BCUT2D eigenvalue weighted by Crippen LogP contribution is -2.39. The van der Waals surface area contributed by atoms with Crippen LogP contribution < -0.4 is 16.6 Å². The fourth-order valence-corrected chi connectivity index (χ4v) is 4.19. The van der Waals surface area contributed by atoms with Gasteiger partial charge in [-0.25, -0.2) is 4.79 Å². The van der Waals surface area contributed by atoms with Crippen molar-refractivity contribution in [3.63, 3.8) is 0 Å². The zero-order chi connectivity index (χ0) is 18.4. The van der Waals surface area contributed by atoms with Crippen LogP contribution in [0.2, 0.25) is 0 Å². The number of nitrogens with one attached hydrogen (secondary N) is 1. The van der Waals surface area contributed by atoms with E-state index in [-0.39, 0.29) is 17.5 Å². The minimum atomic E-state index is -0.990. The van der Waals surface area contributed by atoms with Crippen LogP contribution in [0.5, 0.6) is 0 Å². The Bertz CT molecular complexity index is 780. The molecular formula is C15H23N3O4S2. The number of carbonyl (C=O) groups excluding carboxylic acids is 1. The van der Waals surface area contributed by atoms with E-state index in [1.54, 1.807) is 20.9 Å². The van der Waals surface area contributed by atoms with Gasteiger partial charge >= 0.3 is 5.69 Å². The van der Waals surface area contributed by atoms with Gasteiger partial charge in [0, 0.05) is 48.5 Å². The second-order valence-electron chi connectivity index (χ2n) is 5.46. The Morgan fingerprint density at radius 3 is 2.54 bits per heavy atom. The van der Waals surface area contributed by atoms with Gasteiger partial charge in [-0.1, -0.05) is 0 Å². The van der Waals surface area contributed by atoms with Crippen molar-refractivity contribution in [1.29, 1.82) is 0 Å². The van der Waals surface area contributed by atoms with Crippen molar-refractivity contribution in [3.05, 3.63) is 38.2 Å². The summed E-state index contributed by atoms with van der Waals surface area (Å²) in [6.07, 6.45) is 4.53. The summed E-state index contributed by atoms with van der Waals surface area (Å²) in [6, 6.07) is -0.237. The van der Waals surface area contributed by atoms with Gasteiger partial charge in [0.05, 0.1) is 10.6 Å². The minimum absolute atomic E-state index is 0.237. The van der Waals surface area contributed by atoms with Gasteiger partial charge < -0.3 is 9.88 Å². The molecule has 7 nitrogen and oxygen atoms in total. The first-order chi connectivity index (χ1) is 11.2. The standard InChI is InChI=1S/C15H23N3O4S2/c1-10(8-24(22)9-23-5)16-13(19)7-6-12-11(2)17(3)15(21)18(4)14(12)20/h6-7,10H,8-9H2,1-5H3,(H,16,19)/b7-6+/t10-,24?/m0/s1. The van der Waals surface area contributed by atoms with Crippen LogP contribution in [0.3, 0.4) is 0 Å². The molecule has 134 valence electrons. The first-order valence-electron chi connectivity index (χ1n) is 7.28. The molecule has 0 saturated heterocycles. The number of aromatic nitrogens is 2. The first-order valence-corrected chi connectivity index (χ1v) is 10.2. The van der Waals surface area contributed by atoms with Gasteiger partial charge in [-0.05, 0) is 26.2 Å². The number of hydrogen-bond donors (Lipinski definition) is 1. The van der Waals surface area contributed by atoms with Crippen LogP contribution in [0, 0.1) is 6.92 Å². The monoisotopic (exact) mass is 373 g/mol. The molecule has 0 aliphatic rings.